The lowest BCUT2D eigenvalue weighted by atomic mass is 10.1. The number of rotatable bonds is 5. The van der Waals surface area contributed by atoms with Crippen LogP contribution in [0.4, 0.5) is 4.39 Å². The van der Waals surface area contributed by atoms with Crippen molar-refractivity contribution in [1.29, 1.82) is 0 Å². The Hall–Kier alpha value is -1.27. The van der Waals surface area contributed by atoms with Gasteiger partial charge in [0.05, 0.1) is 11.0 Å². The summed E-state index contributed by atoms with van der Waals surface area (Å²) in [5.41, 5.74) is 1.02. The van der Waals surface area contributed by atoms with Crippen LogP contribution in [0.5, 0.6) is 0 Å². The second-order valence-electron chi connectivity index (χ2n) is 4.31. The van der Waals surface area contributed by atoms with Crippen molar-refractivity contribution in [3.8, 4) is 0 Å². The zero-order valence-electron chi connectivity index (χ0n) is 10.9. The smallest absolute Gasteiger partial charge is 0.146 e. The topological polar surface area (TPSA) is 42.7 Å². The van der Waals surface area contributed by atoms with E-state index < -0.39 is 0 Å². The third-order valence-electron chi connectivity index (χ3n) is 3.05. The molecular formula is C13H16BrFN4. The molecule has 0 radical (unpaired) electrons. The van der Waals surface area contributed by atoms with Gasteiger partial charge in [0.25, 0.3) is 0 Å². The van der Waals surface area contributed by atoms with Crippen molar-refractivity contribution in [3.05, 3.63) is 46.2 Å². The molecule has 19 heavy (non-hydrogen) atoms. The highest BCUT2D eigenvalue weighted by atomic mass is 79.9. The molecule has 6 heteroatoms. The Morgan fingerprint density at radius 3 is 2.95 bits per heavy atom. The Morgan fingerprint density at radius 1 is 1.47 bits per heavy atom. The molecule has 4 nitrogen and oxygen atoms in total. The first-order valence-electron chi connectivity index (χ1n) is 6.16. The number of nitrogens with one attached hydrogen (secondary N) is 1. The van der Waals surface area contributed by atoms with Crippen LogP contribution in [0.15, 0.2) is 29.0 Å². The number of halogens is 2. The van der Waals surface area contributed by atoms with Crippen LogP contribution in [0.1, 0.15) is 31.3 Å². The second-order valence-corrected chi connectivity index (χ2v) is 5.16. The van der Waals surface area contributed by atoms with Crippen LogP contribution in [0.3, 0.4) is 0 Å². The predicted molar refractivity (Wildman–Crippen MR) is 75.1 cm³/mol. The van der Waals surface area contributed by atoms with Gasteiger partial charge in [-0.2, -0.15) is 0 Å². The second kappa shape index (κ2) is 6.25. The molecule has 0 amide bonds. The predicted octanol–water partition coefficient (Wildman–Crippen LogP) is 3.05. The fourth-order valence-corrected chi connectivity index (χ4v) is 2.22. The van der Waals surface area contributed by atoms with Crippen LogP contribution in [0, 0.1) is 5.82 Å². The lowest BCUT2D eigenvalue weighted by Gasteiger charge is -2.14. The minimum absolute atomic E-state index is 0.110. The zero-order valence-corrected chi connectivity index (χ0v) is 12.5. The lowest BCUT2D eigenvalue weighted by molar-refractivity contribution is 0.537. The molecule has 0 saturated carbocycles. The van der Waals surface area contributed by atoms with Gasteiger partial charge >= 0.3 is 0 Å². The van der Waals surface area contributed by atoms with Crippen molar-refractivity contribution in [3.63, 3.8) is 0 Å². The molecule has 1 unspecified atom stereocenters. The normalized spacial score (nSPS) is 12.6. The Balaban J connectivity index is 2.01. The van der Waals surface area contributed by atoms with Crippen molar-refractivity contribution in [1.82, 2.24) is 20.1 Å². The highest BCUT2D eigenvalue weighted by Crippen LogP contribution is 2.21. The molecule has 102 valence electrons. The summed E-state index contributed by atoms with van der Waals surface area (Å²) in [6, 6.07) is 5.14. The molecule has 0 aliphatic heterocycles. The SMILES string of the molecule is CCn1cnnc1CNC(C)c1ccc(F)c(Br)c1. The molecule has 1 heterocycles. The van der Waals surface area contributed by atoms with Crippen molar-refractivity contribution >= 4 is 15.9 Å². The zero-order chi connectivity index (χ0) is 13.8. The number of nitrogens with zero attached hydrogens (tertiary/aromatic N) is 3. The fraction of sp³-hybridized carbons (Fsp3) is 0.385. The van der Waals surface area contributed by atoms with Crippen LogP contribution >= 0.6 is 15.9 Å². The van der Waals surface area contributed by atoms with E-state index in [1.54, 1.807) is 18.5 Å². The van der Waals surface area contributed by atoms with Gasteiger partial charge in [-0.25, -0.2) is 4.39 Å². The van der Waals surface area contributed by atoms with E-state index >= 15 is 0 Å². The van der Waals surface area contributed by atoms with Gasteiger partial charge in [0.15, 0.2) is 0 Å². The summed E-state index contributed by atoms with van der Waals surface area (Å²) in [6.45, 7) is 5.56. The number of aryl methyl sites for hydroxylation is 1. The van der Waals surface area contributed by atoms with E-state index in [9.17, 15) is 4.39 Å². The molecule has 1 aromatic heterocycles. The van der Waals surface area contributed by atoms with Crippen molar-refractivity contribution < 1.29 is 4.39 Å². The minimum Gasteiger partial charge on any atom is -0.317 e. The third-order valence-corrected chi connectivity index (χ3v) is 3.65. The lowest BCUT2D eigenvalue weighted by Crippen LogP contribution is -2.20. The maximum Gasteiger partial charge on any atom is 0.146 e. The molecule has 1 atom stereocenters. The molecule has 1 aromatic carbocycles. The molecular weight excluding hydrogens is 311 g/mol. The number of benzene rings is 1. The van der Waals surface area contributed by atoms with Gasteiger partial charge in [-0.05, 0) is 47.5 Å². The molecule has 0 saturated heterocycles. The van der Waals surface area contributed by atoms with Gasteiger partial charge in [-0.3, -0.25) is 0 Å². The van der Waals surface area contributed by atoms with Gasteiger partial charge < -0.3 is 9.88 Å². The Kier molecular flexibility index (Phi) is 4.66. The quantitative estimate of drug-likeness (QED) is 0.918. The van der Waals surface area contributed by atoms with E-state index in [1.807, 2.05) is 18.4 Å². The summed E-state index contributed by atoms with van der Waals surface area (Å²) in [6.07, 6.45) is 1.72. The summed E-state index contributed by atoms with van der Waals surface area (Å²) < 4.78 is 15.6. The first-order valence-corrected chi connectivity index (χ1v) is 6.96. The molecule has 2 rings (SSSR count). The summed E-state index contributed by atoms with van der Waals surface area (Å²) in [7, 11) is 0. The van der Waals surface area contributed by atoms with E-state index in [1.165, 1.54) is 6.07 Å². The fourth-order valence-electron chi connectivity index (χ4n) is 1.82. The molecule has 1 N–H and O–H groups in total. The van der Waals surface area contributed by atoms with E-state index in [-0.39, 0.29) is 11.9 Å². The molecule has 0 fully saturated rings. The average Bonchev–Trinajstić information content (AvgIpc) is 2.86. The summed E-state index contributed by atoms with van der Waals surface area (Å²) >= 11 is 3.20. The summed E-state index contributed by atoms with van der Waals surface area (Å²) in [5.74, 6) is 0.650. The van der Waals surface area contributed by atoms with Gasteiger partial charge in [0.2, 0.25) is 0 Å². The van der Waals surface area contributed by atoms with Crippen LogP contribution in [-0.2, 0) is 13.1 Å². The molecule has 0 spiro atoms. The average molecular weight is 327 g/mol. The maximum absolute atomic E-state index is 13.2. The highest BCUT2D eigenvalue weighted by molar-refractivity contribution is 9.10. The van der Waals surface area contributed by atoms with Gasteiger partial charge in [-0.15, -0.1) is 10.2 Å². The first kappa shape index (κ1) is 14.1. The monoisotopic (exact) mass is 326 g/mol. The Bertz CT molecular complexity index is 555. The number of aromatic nitrogens is 3. The summed E-state index contributed by atoms with van der Waals surface area (Å²) in [4.78, 5) is 0. The molecule has 2 aromatic rings. The first-order chi connectivity index (χ1) is 9.11. The standard InChI is InChI=1S/C13H16BrFN4/c1-3-19-8-17-18-13(19)7-16-9(2)10-4-5-12(15)11(14)6-10/h4-6,8-9,16H,3,7H2,1-2H3. The minimum atomic E-state index is -0.248. The van der Waals surface area contributed by atoms with Crippen LogP contribution in [0.25, 0.3) is 0 Å². The van der Waals surface area contributed by atoms with Crippen molar-refractivity contribution in [2.24, 2.45) is 0 Å². The molecule has 0 bridgehead atoms. The Labute approximate surface area is 120 Å². The largest absolute Gasteiger partial charge is 0.317 e. The Morgan fingerprint density at radius 2 is 2.26 bits per heavy atom. The maximum atomic E-state index is 13.2. The van der Waals surface area contributed by atoms with Gasteiger partial charge in [0.1, 0.15) is 18.0 Å². The molecule has 0 aliphatic carbocycles. The van der Waals surface area contributed by atoms with Crippen molar-refractivity contribution in [2.45, 2.75) is 33.0 Å². The van der Waals surface area contributed by atoms with Crippen molar-refractivity contribution in [2.75, 3.05) is 0 Å². The van der Waals surface area contributed by atoms with E-state index in [4.69, 9.17) is 0 Å². The van der Waals surface area contributed by atoms with Crippen LogP contribution in [0.2, 0.25) is 0 Å². The van der Waals surface area contributed by atoms with E-state index in [2.05, 4.69) is 31.4 Å². The number of hydrogen-bond acceptors (Lipinski definition) is 3. The van der Waals surface area contributed by atoms with Crippen LogP contribution < -0.4 is 5.32 Å². The third kappa shape index (κ3) is 3.39. The van der Waals surface area contributed by atoms with E-state index in [0.29, 0.717) is 11.0 Å². The molecule has 0 aliphatic rings. The van der Waals surface area contributed by atoms with Crippen LogP contribution in [-0.4, -0.2) is 14.8 Å². The summed E-state index contributed by atoms with van der Waals surface area (Å²) in [5, 5.41) is 11.3. The highest BCUT2D eigenvalue weighted by Gasteiger charge is 2.09. The van der Waals surface area contributed by atoms with Gasteiger partial charge in [-0.1, -0.05) is 6.07 Å². The number of hydrogen-bond donors (Lipinski definition) is 1. The van der Waals surface area contributed by atoms with Gasteiger partial charge in [0, 0.05) is 12.6 Å². The van der Waals surface area contributed by atoms with E-state index in [0.717, 1.165) is 17.9 Å².